The van der Waals surface area contributed by atoms with Gasteiger partial charge in [0.15, 0.2) is 0 Å². The van der Waals surface area contributed by atoms with Gasteiger partial charge < -0.3 is 4.90 Å². The summed E-state index contributed by atoms with van der Waals surface area (Å²) >= 11 is 0. The molecule has 1 aliphatic heterocycles. The zero-order valence-corrected chi connectivity index (χ0v) is 10.7. The highest BCUT2D eigenvalue weighted by atomic mass is 19.1. The Morgan fingerprint density at radius 2 is 2.24 bits per heavy atom. The first-order valence-electron chi connectivity index (χ1n) is 6.77. The average Bonchev–Trinajstić information content (AvgIpc) is 2.78. The summed E-state index contributed by atoms with van der Waals surface area (Å²) in [4.78, 5) is 2.52. The lowest BCUT2D eigenvalue weighted by molar-refractivity contribution is 0.325. The molecule has 1 aromatic rings. The van der Waals surface area contributed by atoms with E-state index in [2.05, 4.69) is 17.9 Å². The van der Waals surface area contributed by atoms with Crippen LogP contribution in [0.3, 0.4) is 0 Å². The molecule has 0 radical (unpaired) electrons. The van der Waals surface area contributed by atoms with E-state index < -0.39 is 0 Å². The van der Waals surface area contributed by atoms with Crippen molar-refractivity contribution >= 4 is 0 Å². The molecule has 1 unspecified atom stereocenters. The molecule has 0 aliphatic carbocycles. The smallest absolute Gasteiger partial charge is 0.123 e. The van der Waals surface area contributed by atoms with Gasteiger partial charge in [-0.3, -0.25) is 0 Å². The molecule has 2 rings (SSSR count). The largest absolute Gasteiger partial charge is 0.303 e. The minimum atomic E-state index is -0.105. The normalized spacial score (nSPS) is 20.9. The number of hydrogen-bond acceptors (Lipinski definition) is 1. The molecule has 1 fully saturated rings. The van der Waals surface area contributed by atoms with Crippen LogP contribution < -0.4 is 0 Å². The molecule has 17 heavy (non-hydrogen) atoms. The summed E-state index contributed by atoms with van der Waals surface area (Å²) in [6.07, 6.45) is 5.07. The Kier molecular flexibility index (Phi) is 4.55. The van der Waals surface area contributed by atoms with Gasteiger partial charge in [-0.05, 0) is 49.5 Å². The SMILES string of the molecule is CCCCCN1CCC(c2cccc(F)c2)C1. The highest BCUT2D eigenvalue weighted by molar-refractivity contribution is 5.22. The van der Waals surface area contributed by atoms with Gasteiger partial charge in [0.05, 0.1) is 0 Å². The number of nitrogens with zero attached hydrogens (tertiary/aromatic N) is 1. The molecule has 2 heteroatoms. The van der Waals surface area contributed by atoms with Crippen LogP contribution in [-0.2, 0) is 0 Å². The Morgan fingerprint density at radius 1 is 1.35 bits per heavy atom. The van der Waals surface area contributed by atoms with Crippen LogP contribution in [0.5, 0.6) is 0 Å². The first-order chi connectivity index (χ1) is 8.29. The highest BCUT2D eigenvalue weighted by Gasteiger charge is 2.23. The summed E-state index contributed by atoms with van der Waals surface area (Å²) < 4.78 is 13.2. The molecule has 94 valence electrons. The van der Waals surface area contributed by atoms with Crippen LogP contribution in [0.25, 0.3) is 0 Å². The van der Waals surface area contributed by atoms with E-state index in [-0.39, 0.29) is 5.82 Å². The first-order valence-corrected chi connectivity index (χ1v) is 6.77. The zero-order valence-electron chi connectivity index (χ0n) is 10.7. The van der Waals surface area contributed by atoms with Gasteiger partial charge in [-0.1, -0.05) is 31.9 Å². The molecule has 0 aromatic heterocycles. The lowest BCUT2D eigenvalue weighted by Crippen LogP contribution is -2.21. The molecule has 0 N–H and O–H groups in total. The van der Waals surface area contributed by atoms with E-state index in [1.165, 1.54) is 50.4 Å². The topological polar surface area (TPSA) is 3.24 Å². The van der Waals surface area contributed by atoms with Crippen molar-refractivity contribution in [3.63, 3.8) is 0 Å². The molecule has 1 heterocycles. The molecule has 1 atom stereocenters. The number of rotatable bonds is 5. The minimum Gasteiger partial charge on any atom is -0.303 e. The number of halogens is 1. The second-order valence-electron chi connectivity index (χ2n) is 5.05. The third-order valence-corrected chi connectivity index (χ3v) is 3.67. The van der Waals surface area contributed by atoms with E-state index in [1.807, 2.05) is 6.07 Å². The summed E-state index contributed by atoms with van der Waals surface area (Å²) in [7, 11) is 0. The van der Waals surface area contributed by atoms with Crippen molar-refractivity contribution in [3.8, 4) is 0 Å². The van der Waals surface area contributed by atoms with Gasteiger partial charge in [-0.2, -0.15) is 0 Å². The first kappa shape index (κ1) is 12.6. The van der Waals surface area contributed by atoms with E-state index in [0.717, 1.165) is 6.54 Å². The maximum Gasteiger partial charge on any atom is 0.123 e. The molecule has 0 amide bonds. The van der Waals surface area contributed by atoms with Crippen LogP contribution in [0.15, 0.2) is 24.3 Å². The van der Waals surface area contributed by atoms with Crippen LogP contribution in [0.2, 0.25) is 0 Å². The molecule has 1 saturated heterocycles. The van der Waals surface area contributed by atoms with E-state index in [4.69, 9.17) is 0 Å². The van der Waals surface area contributed by atoms with Crippen molar-refractivity contribution in [2.75, 3.05) is 19.6 Å². The molecule has 0 spiro atoms. The number of hydrogen-bond donors (Lipinski definition) is 0. The Morgan fingerprint density at radius 3 is 3.00 bits per heavy atom. The lowest BCUT2D eigenvalue weighted by Gasteiger charge is -2.15. The molecule has 1 aromatic carbocycles. The maximum atomic E-state index is 13.2. The van der Waals surface area contributed by atoms with Gasteiger partial charge in [0.2, 0.25) is 0 Å². The van der Waals surface area contributed by atoms with Crippen LogP contribution in [-0.4, -0.2) is 24.5 Å². The van der Waals surface area contributed by atoms with Gasteiger partial charge in [-0.25, -0.2) is 4.39 Å². The third kappa shape index (κ3) is 3.53. The average molecular weight is 235 g/mol. The van der Waals surface area contributed by atoms with Crippen molar-refractivity contribution in [2.45, 2.75) is 38.5 Å². The molecule has 0 saturated carbocycles. The van der Waals surface area contributed by atoms with Crippen molar-refractivity contribution in [3.05, 3.63) is 35.6 Å². The van der Waals surface area contributed by atoms with Crippen LogP contribution in [0.4, 0.5) is 4.39 Å². The lowest BCUT2D eigenvalue weighted by atomic mass is 9.98. The summed E-state index contributed by atoms with van der Waals surface area (Å²) in [6, 6.07) is 7.10. The van der Waals surface area contributed by atoms with Crippen LogP contribution in [0, 0.1) is 5.82 Å². The Hall–Kier alpha value is -0.890. The van der Waals surface area contributed by atoms with Gasteiger partial charge in [0, 0.05) is 6.54 Å². The second kappa shape index (κ2) is 6.15. The quantitative estimate of drug-likeness (QED) is 0.702. The fraction of sp³-hybridized carbons (Fsp3) is 0.600. The monoisotopic (exact) mass is 235 g/mol. The molecular formula is C15H22FN. The Balaban J connectivity index is 1.85. The minimum absolute atomic E-state index is 0.105. The Bertz CT molecular complexity index is 351. The van der Waals surface area contributed by atoms with E-state index in [0.29, 0.717) is 5.92 Å². The summed E-state index contributed by atoms with van der Waals surface area (Å²) in [5.41, 5.74) is 1.17. The summed E-state index contributed by atoms with van der Waals surface area (Å²) in [6.45, 7) is 5.72. The van der Waals surface area contributed by atoms with Crippen molar-refractivity contribution in [2.24, 2.45) is 0 Å². The number of benzene rings is 1. The second-order valence-corrected chi connectivity index (χ2v) is 5.05. The van der Waals surface area contributed by atoms with E-state index in [1.54, 1.807) is 6.07 Å². The number of likely N-dealkylation sites (tertiary alicyclic amines) is 1. The zero-order chi connectivity index (χ0) is 12.1. The van der Waals surface area contributed by atoms with Gasteiger partial charge >= 0.3 is 0 Å². The van der Waals surface area contributed by atoms with E-state index in [9.17, 15) is 4.39 Å². The fourth-order valence-corrected chi connectivity index (χ4v) is 2.65. The van der Waals surface area contributed by atoms with Crippen LogP contribution in [0.1, 0.15) is 44.1 Å². The van der Waals surface area contributed by atoms with Crippen molar-refractivity contribution in [1.29, 1.82) is 0 Å². The van der Waals surface area contributed by atoms with E-state index >= 15 is 0 Å². The molecule has 0 bridgehead atoms. The molecular weight excluding hydrogens is 213 g/mol. The third-order valence-electron chi connectivity index (χ3n) is 3.67. The van der Waals surface area contributed by atoms with Crippen molar-refractivity contribution in [1.82, 2.24) is 4.90 Å². The number of unbranched alkanes of at least 4 members (excludes halogenated alkanes) is 2. The maximum absolute atomic E-state index is 13.2. The van der Waals surface area contributed by atoms with Crippen LogP contribution >= 0.6 is 0 Å². The highest BCUT2D eigenvalue weighted by Crippen LogP contribution is 2.27. The van der Waals surface area contributed by atoms with Gasteiger partial charge in [0.25, 0.3) is 0 Å². The van der Waals surface area contributed by atoms with Gasteiger partial charge in [0.1, 0.15) is 5.82 Å². The van der Waals surface area contributed by atoms with Crippen molar-refractivity contribution < 1.29 is 4.39 Å². The standard InChI is InChI=1S/C15H22FN/c1-2-3-4-9-17-10-8-14(12-17)13-6-5-7-15(16)11-13/h5-7,11,14H,2-4,8-10,12H2,1H3. The van der Waals surface area contributed by atoms with Gasteiger partial charge in [-0.15, -0.1) is 0 Å². The Labute approximate surface area is 104 Å². The molecule has 1 nitrogen and oxygen atoms in total. The summed E-state index contributed by atoms with van der Waals surface area (Å²) in [5, 5.41) is 0. The molecule has 1 aliphatic rings. The predicted molar refractivity (Wildman–Crippen MR) is 69.7 cm³/mol. The predicted octanol–water partition coefficient (Wildman–Crippen LogP) is 3.81. The fourth-order valence-electron chi connectivity index (χ4n) is 2.65. The summed E-state index contributed by atoms with van der Waals surface area (Å²) in [5.74, 6) is 0.430.